The normalized spacial score (nSPS) is 14.6. The van der Waals surface area contributed by atoms with Crippen molar-refractivity contribution in [2.45, 2.75) is 51.3 Å². The highest BCUT2D eigenvalue weighted by molar-refractivity contribution is 5.70. The standard InChI is InChI=1S/C29H33F2N7O2/c1-29(2,3)40-28(39)36-9-7-25(8-10-36)37-19-24(17-34-37)22-14-32-27(33-15-22)21-6-4-5-20(11-21)23-16-35-38(18-23)26(12-30)13-31/h4-6,11,14-19,25-26H,7-10,12-13H2,1-3H3. The van der Waals surface area contributed by atoms with Gasteiger partial charge in [-0.2, -0.15) is 10.2 Å². The van der Waals surface area contributed by atoms with Gasteiger partial charge in [-0.1, -0.05) is 18.2 Å². The number of piperidine rings is 1. The van der Waals surface area contributed by atoms with E-state index in [1.165, 1.54) is 4.68 Å². The van der Waals surface area contributed by atoms with Crippen LogP contribution in [-0.4, -0.2) is 72.6 Å². The number of nitrogens with zero attached hydrogens (tertiary/aromatic N) is 7. The number of alkyl halides is 2. The van der Waals surface area contributed by atoms with Crippen LogP contribution in [0.25, 0.3) is 33.6 Å². The van der Waals surface area contributed by atoms with Gasteiger partial charge < -0.3 is 9.64 Å². The lowest BCUT2D eigenvalue weighted by Gasteiger charge is -2.33. The van der Waals surface area contributed by atoms with Gasteiger partial charge in [-0.15, -0.1) is 0 Å². The first-order valence-electron chi connectivity index (χ1n) is 13.4. The lowest BCUT2D eigenvalue weighted by molar-refractivity contribution is 0.0185. The molecule has 0 radical (unpaired) electrons. The summed E-state index contributed by atoms with van der Waals surface area (Å²) in [6.45, 7) is 5.23. The molecule has 1 fully saturated rings. The highest BCUT2D eigenvalue weighted by Crippen LogP contribution is 2.28. The van der Waals surface area contributed by atoms with Crippen LogP contribution in [0.15, 0.2) is 61.4 Å². The molecule has 11 heteroatoms. The van der Waals surface area contributed by atoms with Crippen molar-refractivity contribution in [3.05, 3.63) is 61.4 Å². The molecule has 0 unspecified atom stereocenters. The molecule has 1 saturated heterocycles. The van der Waals surface area contributed by atoms with Gasteiger partial charge in [0.1, 0.15) is 25.0 Å². The highest BCUT2D eigenvalue weighted by Gasteiger charge is 2.28. The van der Waals surface area contributed by atoms with Gasteiger partial charge in [0.05, 0.1) is 18.4 Å². The molecule has 1 aliphatic rings. The molecule has 4 heterocycles. The molecular formula is C29H33F2N7O2. The average molecular weight is 550 g/mol. The van der Waals surface area contributed by atoms with Gasteiger partial charge in [0.2, 0.25) is 0 Å². The van der Waals surface area contributed by atoms with Gasteiger partial charge in [-0.05, 0) is 45.2 Å². The van der Waals surface area contributed by atoms with Crippen LogP contribution < -0.4 is 0 Å². The molecule has 4 aromatic rings. The number of likely N-dealkylation sites (tertiary alicyclic amines) is 1. The highest BCUT2D eigenvalue weighted by atomic mass is 19.1. The lowest BCUT2D eigenvalue weighted by atomic mass is 10.1. The van der Waals surface area contributed by atoms with Crippen LogP contribution in [0.2, 0.25) is 0 Å². The summed E-state index contributed by atoms with van der Waals surface area (Å²) in [7, 11) is 0. The molecule has 9 nitrogen and oxygen atoms in total. The molecule has 1 amide bonds. The van der Waals surface area contributed by atoms with Crippen molar-refractivity contribution < 1.29 is 18.3 Å². The quantitative estimate of drug-likeness (QED) is 0.284. The van der Waals surface area contributed by atoms with Crippen LogP contribution in [0.1, 0.15) is 45.7 Å². The number of carbonyl (C=O) groups is 1. The maximum absolute atomic E-state index is 13.0. The third kappa shape index (κ3) is 6.19. The zero-order valence-electron chi connectivity index (χ0n) is 22.9. The first kappa shape index (κ1) is 27.4. The molecule has 1 aromatic carbocycles. The second-order valence-electron chi connectivity index (χ2n) is 11.0. The molecule has 5 rings (SSSR count). The number of carbonyl (C=O) groups excluding carboxylic acids is 1. The number of rotatable bonds is 7. The SMILES string of the molecule is CC(C)(C)OC(=O)N1CCC(n2cc(-c3cnc(-c4cccc(-c5cnn(C(CF)CF)c5)c4)nc3)cn2)CC1. The third-order valence-corrected chi connectivity index (χ3v) is 6.86. The van der Waals surface area contributed by atoms with Crippen molar-refractivity contribution in [3.8, 4) is 33.6 Å². The molecular weight excluding hydrogens is 516 g/mol. The van der Waals surface area contributed by atoms with Crippen LogP contribution in [-0.2, 0) is 4.74 Å². The summed E-state index contributed by atoms with van der Waals surface area (Å²) in [6.07, 6.45) is 11.9. The molecule has 0 spiro atoms. The van der Waals surface area contributed by atoms with Crippen LogP contribution in [0.5, 0.6) is 0 Å². The molecule has 0 aliphatic carbocycles. The van der Waals surface area contributed by atoms with E-state index >= 15 is 0 Å². The van der Waals surface area contributed by atoms with Gasteiger partial charge in [-0.25, -0.2) is 23.5 Å². The monoisotopic (exact) mass is 549 g/mol. The summed E-state index contributed by atoms with van der Waals surface area (Å²) >= 11 is 0. The van der Waals surface area contributed by atoms with E-state index in [1.807, 2.05) is 55.9 Å². The van der Waals surface area contributed by atoms with Gasteiger partial charge in [-0.3, -0.25) is 9.36 Å². The Balaban J connectivity index is 1.24. The fourth-order valence-corrected chi connectivity index (χ4v) is 4.66. The maximum Gasteiger partial charge on any atom is 0.410 e. The summed E-state index contributed by atoms with van der Waals surface area (Å²) in [5, 5.41) is 8.69. The Morgan fingerprint density at radius 1 is 0.925 bits per heavy atom. The van der Waals surface area contributed by atoms with E-state index in [0.717, 1.165) is 40.7 Å². The predicted molar refractivity (Wildman–Crippen MR) is 147 cm³/mol. The van der Waals surface area contributed by atoms with E-state index < -0.39 is 25.0 Å². The molecule has 0 atom stereocenters. The van der Waals surface area contributed by atoms with Gasteiger partial charge in [0.15, 0.2) is 5.82 Å². The molecule has 40 heavy (non-hydrogen) atoms. The lowest BCUT2D eigenvalue weighted by Crippen LogP contribution is -2.42. The van der Waals surface area contributed by atoms with E-state index in [9.17, 15) is 13.6 Å². The minimum atomic E-state index is -0.915. The Morgan fingerprint density at radius 3 is 2.25 bits per heavy atom. The Kier molecular flexibility index (Phi) is 7.90. The largest absolute Gasteiger partial charge is 0.444 e. The third-order valence-electron chi connectivity index (χ3n) is 6.86. The predicted octanol–water partition coefficient (Wildman–Crippen LogP) is 5.92. The number of aromatic nitrogens is 6. The molecule has 0 N–H and O–H groups in total. The number of halogens is 2. The topological polar surface area (TPSA) is 91.0 Å². The van der Waals surface area contributed by atoms with Crippen LogP contribution in [0.3, 0.4) is 0 Å². The fraction of sp³-hybridized carbons (Fsp3) is 0.414. The van der Waals surface area contributed by atoms with E-state index in [4.69, 9.17) is 4.74 Å². The summed E-state index contributed by atoms with van der Waals surface area (Å²) in [5.41, 5.74) is 3.69. The number of ether oxygens (including phenoxy) is 1. The molecule has 0 bridgehead atoms. The fourth-order valence-electron chi connectivity index (χ4n) is 4.66. The van der Waals surface area contributed by atoms with Crippen LogP contribution in [0, 0.1) is 0 Å². The van der Waals surface area contributed by atoms with Gasteiger partial charge in [0, 0.05) is 60.1 Å². The Morgan fingerprint density at radius 2 is 1.57 bits per heavy atom. The number of amides is 1. The van der Waals surface area contributed by atoms with Crippen molar-refractivity contribution in [2.24, 2.45) is 0 Å². The zero-order valence-corrected chi connectivity index (χ0v) is 22.9. The summed E-state index contributed by atoms with van der Waals surface area (Å²) in [5.74, 6) is 0.560. The second kappa shape index (κ2) is 11.5. The van der Waals surface area contributed by atoms with Gasteiger partial charge >= 0.3 is 6.09 Å². The Hall–Kier alpha value is -4.15. The van der Waals surface area contributed by atoms with Crippen molar-refractivity contribution in [2.75, 3.05) is 26.4 Å². The Bertz CT molecular complexity index is 1430. The summed E-state index contributed by atoms with van der Waals surface area (Å²) in [6, 6.07) is 6.92. The first-order chi connectivity index (χ1) is 19.2. The van der Waals surface area contributed by atoms with Crippen molar-refractivity contribution in [1.29, 1.82) is 0 Å². The minimum absolute atomic E-state index is 0.199. The van der Waals surface area contributed by atoms with Crippen molar-refractivity contribution in [1.82, 2.24) is 34.4 Å². The molecule has 1 aliphatic heterocycles. The minimum Gasteiger partial charge on any atom is -0.444 e. The van der Waals surface area contributed by atoms with Crippen molar-refractivity contribution in [3.63, 3.8) is 0 Å². The first-order valence-corrected chi connectivity index (χ1v) is 13.4. The number of hydrogen-bond donors (Lipinski definition) is 0. The van der Waals surface area contributed by atoms with E-state index in [1.54, 1.807) is 35.9 Å². The van der Waals surface area contributed by atoms with E-state index in [0.29, 0.717) is 18.9 Å². The molecule has 210 valence electrons. The van der Waals surface area contributed by atoms with Crippen molar-refractivity contribution >= 4 is 6.09 Å². The number of benzene rings is 1. The van der Waals surface area contributed by atoms with E-state index in [-0.39, 0.29) is 12.1 Å². The average Bonchev–Trinajstić information content (AvgIpc) is 3.64. The molecule has 3 aromatic heterocycles. The van der Waals surface area contributed by atoms with Crippen LogP contribution >= 0.6 is 0 Å². The summed E-state index contributed by atoms with van der Waals surface area (Å²) in [4.78, 5) is 23.3. The number of hydrogen-bond acceptors (Lipinski definition) is 6. The Labute approximate surface area is 231 Å². The second-order valence-corrected chi connectivity index (χ2v) is 11.0. The van der Waals surface area contributed by atoms with E-state index in [2.05, 4.69) is 20.2 Å². The summed E-state index contributed by atoms with van der Waals surface area (Å²) < 4.78 is 34.8. The molecule has 0 saturated carbocycles. The zero-order chi connectivity index (χ0) is 28.3. The van der Waals surface area contributed by atoms with Gasteiger partial charge in [0.25, 0.3) is 0 Å². The van der Waals surface area contributed by atoms with Crippen LogP contribution in [0.4, 0.5) is 13.6 Å². The smallest absolute Gasteiger partial charge is 0.410 e. The maximum atomic E-state index is 13.0.